The summed E-state index contributed by atoms with van der Waals surface area (Å²) >= 11 is 0. The summed E-state index contributed by atoms with van der Waals surface area (Å²) in [4.78, 5) is 11.2. The molecule has 27 heavy (non-hydrogen) atoms. The first-order chi connectivity index (χ1) is 13.1. The molecule has 1 heterocycles. The van der Waals surface area contributed by atoms with Crippen molar-refractivity contribution in [2.24, 2.45) is 0 Å². The van der Waals surface area contributed by atoms with E-state index in [2.05, 4.69) is 41.8 Å². The highest BCUT2D eigenvalue weighted by Gasteiger charge is 2.16. The first kappa shape index (κ1) is 16.9. The number of carboxylic acids is 1. The van der Waals surface area contributed by atoms with E-state index in [1.54, 1.807) is 12.1 Å². The highest BCUT2D eigenvalue weighted by atomic mass is 16.4. The van der Waals surface area contributed by atoms with E-state index in [1.807, 2.05) is 48.5 Å². The molecule has 0 amide bonds. The summed E-state index contributed by atoms with van der Waals surface area (Å²) in [5, 5.41) is 9.18. The Bertz CT molecular complexity index is 1080. The molecular weight excluding hydrogens is 334 g/mol. The molecule has 0 aliphatic heterocycles. The number of rotatable bonds is 4. The highest BCUT2D eigenvalue weighted by Crippen LogP contribution is 2.34. The Balaban J connectivity index is 1.93. The molecule has 3 aromatic carbocycles. The molecule has 0 saturated heterocycles. The second-order valence-electron chi connectivity index (χ2n) is 6.45. The van der Waals surface area contributed by atoms with Gasteiger partial charge in [0.15, 0.2) is 0 Å². The summed E-state index contributed by atoms with van der Waals surface area (Å²) < 4.78 is 2.18. The van der Waals surface area contributed by atoms with Crippen LogP contribution >= 0.6 is 0 Å². The maximum Gasteiger partial charge on any atom is 0.335 e. The lowest BCUT2D eigenvalue weighted by molar-refractivity contribution is 0.0697. The Hall–Kier alpha value is -3.59. The molecule has 132 valence electrons. The third-order valence-corrected chi connectivity index (χ3v) is 4.77. The van der Waals surface area contributed by atoms with Gasteiger partial charge < -0.3 is 9.67 Å². The lowest BCUT2D eigenvalue weighted by Gasteiger charge is -2.13. The summed E-state index contributed by atoms with van der Waals surface area (Å²) in [5.74, 6) is -0.918. The van der Waals surface area contributed by atoms with E-state index in [-0.39, 0.29) is 5.56 Å². The van der Waals surface area contributed by atoms with Crippen LogP contribution in [-0.2, 0) is 0 Å². The van der Waals surface area contributed by atoms with Gasteiger partial charge in [0.25, 0.3) is 0 Å². The number of carbonyl (C=O) groups is 1. The van der Waals surface area contributed by atoms with Crippen molar-refractivity contribution in [2.75, 3.05) is 0 Å². The summed E-state index contributed by atoms with van der Waals surface area (Å²) in [6.07, 6.45) is 0. The van der Waals surface area contributed by atoms with Gasteiger partial charge in [0.05, 0.1) is 11.3 Å². The third kappa shape index (κ3) is 3.15. The summed E-state index contributed by atoms with van der Waals surface area (Å²) in [6.45, 7) is 2.10. The van der Waals surface area contributed by atoms with Crippen LogP contribution in [0.5, 0.6) is 0 Å². The van der Waals surface area contributed by atoms with Crippen molar-refractivity contribution in [3.8, 4) is 28.1 Å². The van der Waals surface area contributed by atoms with Crippen LogP contribution in [0.25, 0.3) is 28.1 Å². The molecule has 0 bridgehead atoms. The average Bonchev–Trinajstić information content (AvgIpc) is 3.06. The fourth-order valence-corrected chi connectivity index (χ4v) is 3.42. The number of carboxylic acid groups (broad SMARTS) is 1. The molecule has 0 saturated carbocycles. The van der Waals surface area contributed by atoms with E-state index in [0.717, 1.165) is 33.8 Å². The minimum Gasteiger partial charge on any atom is -0.478 e. The van der Waals surface area contributed by atoms with E-state index in [4.69, 9.17) is 0 Å². The maximum absolute atomic E-state index is 11.2. The molecule has 1 aromatic heterocycles. The zero-order valence-corrected chi connectivity index (χ0v) is 15.0. The summed E-state index contributed by atoms with van der Waals surface area (Å²) in [6, 6.07) is 29.7. The first-order valence-electron chi connectivity index (χ1n) is 8.82. The van der Waals surface area contributed by atoms with Gasteiger partial charge in [-0.3, -0.25) is 0 Å². The van der Waals surface area contributed by atoms with E-state index in [1.165, 1.54) is 0 Å². The molecule has 0 aliphatic rings. The van der Waals surface area contributed by atoms with Crippen molar-refractivity contribution in [2.45, 2.75) is 6.92 Å². The van der Waals surface area contributed by atoms with Gasteiger partial charge in [0, 0.05) is 16.9 Å². The average molecular weight is 353 g/mol. The molecule has 1 N–H and O–H groups in total. The zero-order chi connectivity index (χ0) is 18.8. The number of hydrogen-bond donors (Lipinski definition) is 1. The van der Waals surface area contributed by atoms with E-state index >= 15 is 0 Å². The Kier molecular flexibility index (Phi) is 4.35. The maximum atomic E-state index is 11.2. The van der Waals surface area contributed by atoms with Crippen molar-refractivity contribution in [1.29, 1.82) is 0 Å². The van der Waals surface area contributed by atoms with E-state index in [0.29, 0.717) is 0 Å². The standard InChI is InChI=1S/C24H19NO2/c1-17-22(18-8-4-2-5-9-18)16-23(19-10-6-3-7-11-19)25(17)21-14-12-20(13-15-21)24(26)27/h2-16H,1H3,(H,26,27). The number of hydrogen-bond acceptors (Lipinski definition) is 1. The smallest absolute Gasteiger partial charge is 0.335 e. The Labute approximate surface area is 158 Å². The van der Waals surface area contributed by atoms with Crippen LogP contribution < -0.4 is 0 Å². The fourth-order valence-electron chi connectivity index (χ4n) is 3.42. The first-order valence-corrected chi connectivity index (χ1v) is 8.82. The summed E-state index contributed by atoms with van der Waals surface area (Å²) in [5.41, 5.74) is 6.86. The molecule has 0 spiro atoms. The SMILES string of the molecule is Cc1c(-c2ccccc2)cc(-c2ccccc2)n1-c1ccc(C(=O)O)cc1. The van der Waals surface area contributed by atoms with Gasteiger partial charge in [-0.2, -0.15) is 0 Å². The minimum atomic E-state index is -0.918. The van der Waals surface area contributed by atoms with Gasteiger partial charge in [0.1, 0.15) is 0 Å². The van der Waals surface area contributed by atoms with Crippen LogP contribution in [0.4, 0.5) is 0 Å². The van der Waals surface area contributed by atoms with Crippen molar-refractivity contribution in [3.05, 3.63) is 102 Å². The predicted molar refractivity (Wildman–Crippen MR) is 108 cm³/mol. The lowest BCUT2D eigenvalue weighted by Crippen LogP contribution is -2.01. The van der Waals surface area contributed by atoms with Gasteiger partial charge in [-0.05, 0) is 48.4 Å². The van der Waals surface area contributed by atoms with Crippen molar-refractivity contribution >= 4 is 5.97 Å². The van der Waals surface area contributed by atoms with Gasteiger partial charge in [-0.1, -0.05) is 60.7 Å². The quantitative estimate of drug-likeness (QED) is 0.502. The number of benzene rings is 3. The predicted octanol–water partition coefficient (Wildman–Crippen LogP) is 5.82. The Morgan fingerprint density at radius 1 is 0.778 bits per heavy atom. The van der Waals surface area contributed by atoms with Crippen LogP contribution in [0.3, 0.4) is 0 Å². The van der Waals surface area contributed by atoms with Gasteiger partial charge in [-0.15, -0.1) is 0 Å². The van der Waals surface area contributed by atoms with Crippen LogP contribution in [0.2, 0.25) is 0 Å². The number of aromatic carboxylic acids is 1. The molecule has 0 aliphatic carbocycles. The van der Waals surface area contributed by atoms with Crippen LogP contribution in [0.15, 0.2) is 91.0 Å². The van der Waals surface area contributed by atoms with Gasteiger partial charge in [0.2, 0.25) is 0 Å². The zero-order valence-electron chi connectivity index (χ0n) is 15.0. The van der Waals surface area contributed by atoms with Gasteiger partial charge >= 0.3 is 5.97 Å². The van der Waals surface area contributed by atoms with Crippen molar-refractivity contribution in [3.63, 3.8) is 0 Å². The molecule has 4 rings (SSSR count). The second-order valence-corrected chi connectivity index (χ2v) is 6.45. The highest BCUT2D eigenvalue weighted by molar-refractivity contribution is 5.88. The minimum absolute atomic E-state index is 0.285. The van der Waals surface area contributed by atoms with Crippen molar-refractivity contribution < 1.29 is 9.90 Å². The topological polar surface area (TPSA) is 42.2 Å². The van der Waals surface area contributed by atoms with Crippen LogP contribution in [-0.4, -0.2) is 15.6 Å². The fraction of sp³-hybridized carbons (Fsp3) is 0.0417. The number of nitrogens with zero attached hydrogens (tertiary/aromatic N) is 1. The monoisotopic (exact) mass is 353 g/mol. The molecule has 0 atom stereocenters. The normalized spacial score (nSPS) is 10.7. The van der Waals surface area contributed by atoms with Crippen LogP contribution in [0, 0.1) is 6.92 Å². The second kappa shape index (κ2) is 6.96. The largest absolute Gasteiger partial charge is 0.478 e. The Morgan fingerprint density at radius 2 is 1.33 bits per heavy atom. The Morgan fingerprint density at radius 3 is 1.89 bits per heavy atom. The van der Waals surface area contributed by atoms with E-state index in [9.17, 15) is 9.90 Å². The molecule has 3 heteroatoms. The third-order valence-electron chi connectivity index (χ3n) is 4.77. The van der Waals surface area contributed by atoms with Crippen molar-refractivity contribution in [1.82, 2.24) is 4.57 Å². The molecular formula is C24H19NO2. The van der Waals surface area contributed by atoms with E-state index < -0.39 is 5.97 Å². The number of aromatic nitrogens is 1. The molecule has 0 unspecified atom stereocenters. The molecule has 3 nitrogen and oxygen atoms in total. The summed E-state index contributed by atoms with van der Waals surface area (Å²) in [7, 11) is 0. The van der Waals surface area contributed by atoms with Crippen LogP contribution in [0.1, 0.15) is 16.1 Å². The molecule has 4 aromatic rings. The lowest BCUT2D eigenvalue weighted by atomic mass is 10.1. The van der Waals surface area contributed by atoms with Gasteiger partial charge in [-0.25, -0.2) is 4.79 Å². The molecule has 0 fully saturated rings. The molecule has 0 radical (unpaired) electrons.